The largest absolute Gasteiger partial charge is 0.481 e. The van der Waals surface area contributed by atoms with E-state index in [9.17, 15) is 9.90 Å². The number of fused-ring (bicyclic) bond motifs is 2. The minimum atomic E-state index is -0.581. The van der Waals surface area contributed by atoms with E-state index in [0.717, 1.165) is 12.8 Å². The molecular weight excluding hydrogens is 212 g/mol. The highest BCUT2D eigenvalue weighted by molar-refractivity contribution is 5.78. The SMILES string of the molecule is CC(C)(C)C1(C(=O)O)C[C@H]2CC[C@]1(C)C2(C)C. The van der Waals surface area contributed by atoms with Crippen molar-refractivity contribution in [2.45, 2.75) is 60.8 Å². The molecule has 2 nitrogen and oxygen atoms in total. The molecule has 2 aliphatic rings. The highest BCUT2D eigenvalue weighted by Gasteiger charge is 2.74. The summed E-state index contributed by atoms with van der Waals surface area (Å²) in [6.07, 6.45) is 3.12. The zero-order valence-corrected chi connectivity index (χ0v) is 12.1. The Morgan fingerprint density at radius 1 is 1.24 bits per heavy atom. The average Bonchev–Trinajstić information content (AvgIpc) is 2.45. The fourth-order valence-corrected chi connectivity index (χ4v) is 5.09. The van der Waals surface area contributed by atoms with Crippen molar-refractivity contribution in [3.8, 4) is 0 Å². The Balaban J connectivity index is 2.64. The van der Waals surface area contributed by atoms with Crippen molar-refractivity contribution >= 4 is 5.97 Å². The molecule has 1 N–H and O–H groups in total. The molecule has 0 spiro atoms. The van der Waals surface area contributed by atoms with Gasteiger partial charge in [0, 0.05) is 0 Å². The normalized spacial score (nSPS) is 44.0. The first-order valence-corrected chi connectivity index (χ1v) is 6.74. The lowest BCUT2D eigenvalue weighted by Gasteiger charge is -2.53. The number of carbonyl (C=O) groups is 1. The van der Waals surface area contributed by atoms with Gasteiger partial charge in [0.15, 0.2) is 0 Å². The Bertz CT molecular complexity index is 364. The van der Waals surface area contributed by atoms with Crippen molar-refractivity contribution in [2.75, 3.05) is 0 Å². The smallest absolute Gasteiger partial charge is 0.310 e. The molecule has 2 bridgehead atoms. The quantitative estimate of drug-likeness (QED) is 0.751. The number of aliphatic carboxylic acids is 1. The predicted octanol–water partition coefficient (Wildman–Crippen LogP) is 3.95. The number of hydrogen-bond donors (Lipinski definition) is 1. The van der Waals surface area contributed by atoms with Crippen LogP contribution in [-0.2, 0) is 4.79 Å². The van der Waals surface area contributed by atoms with E-state index in [4.69, 9.17) is 0 Å². The Labute approximate surface area is 105 Å². The van der Waals surface area contributed by atoms with Gasteiger partial charge < -0.3 is 5.11 Å². The average molecular weight is 238 g/mol. The van der Waals surface area contributed by atoms with Crippen LogP contribution < -0.4 is 0 Å². The first-order chi connectivity index (χ1) is 7.51. The Kier molecular flexibility index (Phi) is 2.33. The van der Waals surface area contributed by atoms with Crippen LogP contribution in [0.1, 0.15) is 60.8 Å². The van der Waals surface area contributed by atoms with E-state index in [0.29, 0.717) is 5.92 Å². The predicted molar refractivity (Wildman–Crippen MR) is 68.8 cm³/mol. The van der Waals surface area contributed by atoms with E-state index in [1.54, 1.807) is 0 Å². The molecule has 0 radical (unpaired) electrons. The molecule has 2 rings (SSSR count). The van der Waals surface area contributed by atoms with Gasteiger partial charge in [0.2, 0.25) is 0 Å². The molecule has 0 aromatic rings. The monoisotopic (exact) mass is 238 g/mol. The third-order valence-corrected chi connectivity index (χ3v) is 6.58. The summed E-state index contributed by atoms with van der Waals surface area (Å²) in [5.41, 5.74) is -0.667. The van der Waals surface area contributed by atoms with Gasteiger partial charge in [0.1, 0.15) is 0 Å². The zero-order valence-electron chi connectivity index (χ0n) is 12.1. The minimum absolute atomic E-state index is 0.0747. The van der Waals surface area contributed by atoms with Gasteiger partial charge in [-0.15, -0.1) is 0 Å². The van der Waals surface area contributed by atoms with Gasteiger partial charge in [-0.3, -0.25) is 4.79 Å². The van der Waals surface area contributed by atoms with E-state index >= 15 is 0 Å². The molecule has 0 aliphatic heterocycles. The molecule has 2 aliphatic carbocycles. The van der Waals surface area contributed by atoms with Crippen molar-refractivity contribution in [2.24, 2.45) is 27.6 Å². The maximum Gasteiger partial charge on any atom is 0.310 e. The molecule has 0 heterocycles. The molecule has 0 saturated heterocycles. The molecule has 2 heteroatoms. The lowest BCUT2D eigenvalue weighted by molar-refractivity contribution is -0.173. The molecule has 0 amide bonds. The Morgan fingerprint density at radius 3 is 1.94 bits per heavy atom. The summed E-state index contributed by atoms with van der Waals surface area (Å²) in [6.45, 7) is 13.1. The summed E-state index contributed by atoms with van der Waals surface area (Å²) in [5.74, 6) is -0.00870. The van der Waals surface area contributed by atoms with Crippen LogP contribution in [0.5, 0.6) is 0 Å². The second-order valence-corrected chi connectivity index (χ2v) is 7.95. The van der Waals surface area contributed by atoms with Gasteiger partial charge in [0.25, 0.3) is 0 Å². The standard InChI is InChI=1S/C15H26O2/c1-12(2,3)15(11(16)17)9-10-7-8-14(15,6)13(10,4)5/h10H,7-9H2,1-6H3,(H,16,17)/t10-,14-,15?/m1/s1. The van der Waals surface area contributed by atoms with Crippen molar-refractivity contribution in [3.05, 3.63) is 0 Å². The van der Waals surface area contributed by atoms with Crippen molar-refractivity contribution < 1.29 is 9.90 Å². The molecule has 17 heavy (non-hydrogen) atoms. The lowest BCUT2D eigenvalue weighted by Crippen LogP contribution is -2.54. The summed E-state index contributed by atoms with van der Waals surface area (Å²) in [4.78, 5) is 12.1. The summed E-state index contributed by atoms with van der Waals surface area (Å²) in [6, 6.07) is 0. The third kappa shape index (κ3) is 1.15. The topological polar surface area (TPSA) is 37.3 Å². The molecule has 3 atom stereocenters. The first kappa shape index (κ1) is 12.9. The minimum Gasteiger partial charge on any atom is -0.481 e. The van der Waals surface area contributed by atoms with Gasteiger partial charge in [-0.25, -0.2) is 0 Å². The van der Waals surface area contributed by atoms with E-state index in [1.807, 2.05) is 0 Å². The van der Waals surface area contributed by atoms with Crippen LogP contribution in [0.25, 0.3) is 0 Å². The molecule has 2 fully saturated rings. The number of carboxylic acids is 1. The molecule has 1 unspecified atom stereocenters. The summed E-state index contributed by atoms with van der Waals surface area (Å²) >= 11 is 0. The maximum absolute atomic E-state index is 12.1. The highest BCUT2D eigenvalue weighted by Crippen LogP contribution is 2.77. The van der Waals surface area contributed by atoms with Crippen LogP contribution in [0.2, 0.25) is 0 Å². The third-order valence-electron chi connectivity index (χ3n) is 6.58. The molecule has 0 aromatic carbocycles. The number of rotatable bonds is 1. The van der Waals surface area contributed by atoms with Crippen LogP contribution >= 0.6 is 0 Å². The summed E-state index contributed by atoms with van der Waals surface area (Å²) in [5, 5.41) is 9.92. The number of hydrogen-bond acceptors (Lipinski definition) is 1. The van der Waals surface area contributed by atoms with Crippen molar-refractivity contribution in [1.82, 2.24) is 0 Å². The second-order valence-electron chi connectivity index (χ2n) is 7.95. The fraction of sp³-hybridized carbons (Fsp3) is 0.933. The molecule has 2 saturated carbocycles. The molecule has 0 aromatic heterocycles. The Morgan fingerprint density at radius 2 is 1.76 bits per heavy atom. The van der Waals surface area contributed by atoms with E-state index < -0.39 is 11.4 Å². The van der Waals surface area contributed by atoms with E-state index in [1.165, 1.54) is 6.42 Å². The zero-order chi connectivity index (χ0) is 13.3. The highest BCUT2D eigenvalue weighted by atomic mass is 16.4. The summed E-state index contributed by atoms with van der Waals surface area (Å²) in [7, 11) is 0. The van der Waals surface area contributed by atoms with Crippen LogP contribution in [-0.4, -0.2) is 11.1 Å². The van der Waals surface area contributed by atoms with Gasteiger partial charge >= 0.3 is 5.97 Å². The molecular formula is C15H26O2. The second kappa shape index (κ2) is 3.07. The molecule has 98 valence electrons. The maximum atomic E-state index is 12.1. The van der Waals surface area contributed by atoms with Crippen molar-refractivity contribution in [1.29, 1.82) is 0 Å². The number of carboxylic acid groups (broad SMARTS) is 1. The van der Waals surface area contributed by atoms with E-state index in [2.05, 4.69) is 41.5 Å². The van der Waals surface area contributed by atoms with Gasteiger partial charge in [-0.2, -0.15) is 0 Å². The van der Waals surface area contributed by atoms with Crippen LogP contribution in [0.4, 0.5) is 0 Å². The lowest BCUT2D eigenvalue weighted by atomic mass is 9.49. The van der Waals surface area contributed by atoms with Crippen LogP contribution in [0, 0.1) is 27.6 Å². The van der Waals surface area contributed by atoms with Gasteiger partial charge in [-0.1, -0.05) is 41.5 Å². The van der Waals surface area contributed by atoms with Crippen LogP contribution in [0.15, 0.2) is 0 Å². The van der Waals surface area contributed by atoms with Crippen LogP contribution in [0.3, 0.4) is 0 Å². The summed E-state index contributed by atoms with van der Waals surface area (Å²) < 4.78 is 0. The fourth-order valence-electron chi connectivity index (χ4n) is 5.09. The Hall–Kier alpha value is -0.530. The van der Waals surface area contributed by atoms with E-state index in [-0.39, 0.29) is 16.2 Å². The first-order valence-electron chi connectivity index (χ1n) is 6.74. The van der Waals surface area contributed by atoms with Gasteiger partial charge in [0.05, 0.1) is 5.41 Å². The van der Waals surface area contributed by atoms with Gasteiger partial charge in [-0.05, 0) is 41.4 Å². The van der Waals surface area contributed by atoms with Crippen molar-refractivity contribution in [3.63, 3.8) is 0 Å².